The van der Waals surface area contributed by atoms with Crippen molar-refractivity contribution >= 4 is 23.6 Å². The first-order valence-corrected chi connectivity index (χ1v) is 9.04. The monoisotopic (exact) mass is 338 g/mol. The highest BCUT2D eigenvalue weighted by Gasteiger charge is 2.35. The van der Waals surface area contributed by atoms with Crippen LogP contribution in [0.4, 0.5) is 0 Å². The summed E-state index contributed by atoms with van der Waals surface area (Å²) < 4.78 is 1.75. The molecule has 0 spiro atoms. The smallest absolute Gasteiger partial charge is 0.243 e. The van der Waals surface area contributed by atoms with E-state index in [1.165, 1.54) is 0 Å². The molecule has 0 saturated carbocycles. The van der Waals surface area contributed by atoms with E-state index in [9.17, 15) is 9.59 Å². The van der Waals surface area contributed by atoms with Gasteiger partial charge in [0.1, 0.15) is 6.04 Å². The third-order valence-corrected chi connectivity index (χ3v) is 4.67. The van der Waals surface area contributed by atoms with E-state index >= 15 is 0 Å². The highest BCUT2D eigenvalue weighted by molar-refractivity contribution is 7.99. The highest BCUT2D eigenvalue weighted by atomic mass is 32.2. The molecule has 1 fully saturated rings. The third-order valence-electron chi connectivity index (χ3n) is 3.66. The standard InChI is InChI=1S/C16H26N4O2S/c1-16(2,3)7-14(21)20-11-23-10-13(20)15(22)17-6-5-12-8-18-19(4)9-12/h8-9,13H,5-7,10-11H2,1-4H3,(H,17,22)/t13-/m1/s1. The first kappa shape index (κ1) is 17.8. The Balaban J connectivity index is 1.84. The summed E-state index contributed by atoms with van der Waals surface area (Å²) in [5, 5.41) is 7.06. The summed E-state index contributed by atoms with van der Waals surface area (Å²) in [4.78, 5) is 26.5. The number of hydrogen-bond acceptors (Lipinski definition) is 4. The quantitative estimate of drug-likeness (QED) is 0.882. The highest BCUT2D eigenvalue weighted by Crippen LogP contribution is 2.26. The van der Waals surface area contributed by atoms with Crippen LogP contribution in [0.1, 0.15) is 32.8 Å². The normalized spacial score (nSPS) is 18.3. The summed E-state index contributed by atoms with van der Waals surface area (Å²) in [7, 11) is 1.87. The summed E-state index contributed by atoms with van der Waals surface area (Å²) in [5.74, 6) is 1.29. The van der Waals surface area contributed by atoms with Crippen molar-refractivity contribution in [3.63, 3.8) is 0 Å². The van der Waals surface area contributed by atoms with E-state index in [4.69, 9.17) is 0 Å². The molecule has 6 nitrogen and oxygen atoms in total. The SMILES string of the molecule is Cn1cc(CCNC(=O)[C@H]2CSCN2C(=O)CC(C)(C)C)cn1. The number of carbonyl (C=O) groups is 2. The number of aromatic nitrogens is 2. The van der Waals surface area contributed by atoms with Crippen LogP contribution < -0.4 is 5.32 Å². The van der Waals surface area contributed by atoms with E-state index in [0.717, 1.165) is 12.0 Å². The summed E-state index contributed by atoms with van der Waals surface area (Å²) in [6.45, 7) is 6.68. The van der Waals surface area contributed by atoms with Crippen LogP contribution in [0.25, 0.3) is 0 Å². The van der Waals surface area contributed by atoms with Crippen LogP contribution in [-0.2, 0) is 23.1 Å². The van der Waals surface area contributed by atoms with Crippen molar-refractivity contribution in [3.05, 3.63) is 18.0 Å². The van der Waals surface area contributed by atoms with Gasteiger partial charge in [0, 0.05) is 32.0 Å². The van der Waals surface area contributed by atoms with Gasteiger partial charge in [0.25, 0.3) is 0 Å². The second-order valence-corrected chi connectivity index (χ2v) is 8.18. The van der Waals surface area contributed by atoms with Gasteiger partial charge < -0.3 is 10.2 Å². The van der Waals surface area contributed by atoms with Crippen LogP contribution in [0.5, 0.6) is 0 Å². The molecule has 0 aliphatic carbocycles. The van der Waals surface area contributed by atoms with E-state index in [-0.39, 0.29) is 23.3 Å². The van der Waals surface area contributed by atoms with Crippen LogP contribution in [0.3, 0.4) is 0 Å². The van der Waals surface area contributed by atoms with Gasteiger partial charge in [-0.05, 0) is 17.4 Å². The summed E-state index contributed by atoms with van der Waals surface area (Å²) in [6.07, 6.45) is 4.95. The first-order valence-electron chi connectivity index (χ1n) is 7.89. The number of rotatable bonds is 5. The maximum absolute atomic E-state index is 12.4. The van der Waals surface area contributed by atoms with Crippen LogP contribution in [-0.4, -0.2) is 50.7 Å². The zero-order valence-electron chi connectivity index (χ0n) is 14.3. The Kier molecular flexibility index (Phi) is 5.73. The minimum absolute atomic E-state index is 0.0545. The van der Waals surface area contributed by atoms with Gasteiger partial charge in [-0.15, -0.1) is 11.8 Å². The molecule has 1 aromatic rings. The number of hydrogen-bond donors (Lipinski definition) is 1. The van der Waals surface area contributed by atoms with Crippen molar-refractivity contribution < 1.29 is 9.59 Å². The second-order valence-electron chi connectivity index (χ2n) is 7.18. The average molecular weight is 338 g/mol. The molecule has 0 bridgehead atoms. The lowest BCUT2D eigenvalue weighted by Crippen LogP contribution is -2.48. The number of nitrogens with one attached hydrogen (secondary N) is 1. The fourth-order valence-corrected chi connectivity index (χ4v) is 3.69. The Morgan fingerprint density at radius 3 is 2.78 bits per heavy atom. The van der Waals surface area contributed by atoms with E-state index in [1.807, 2.05) is 34.0 Å². The Morgan fingerprint density at radius 2 is 2.17 bits per heavy atom. The molecule has 1 N–H and O–H groups in total. The lowest BCUT2D eigenvalue weighted by atomic mass is 9.91. The number of nitrogens with zero attached hydrogens (tertiary/aromatic N) is 3. The van der Waals surface area contributed by atoms with Crippen molar-refractivity contribution in [2.24, 2.45) is 12.5 Å². The van der Waals surface area contributed by atoms with Gasteiger partial charge >= 0.3 is 0 Å². The van der Waals surface area contributed by atoms with Crippen LogP contribution in [0, 0.1) is 5.41 Å². The predicted molar refractivity (Wildman–Crippen MR) is 92.0 cm³/mol. The van der Waals surface area contributed by atoms with Crippen molar-refractivity contribution in [3.8, 4) is 0 Å². The first-order chi connectivity index (χ1) is 10.8. The summed E-state index contributed by atoms with van der Waals surface area (Å²) in [5.41, 5.74) is 1.03. The Bertz CT molecular complexity index is 565. The Labute approximate surface area is 142 Å². The number of amides is 2. The molecule has 1 atom stereocenters. The van der Waals surface area contributed by atoms with Crippen molar-refractivity contribution in [1.82, 2.24) is 20.0 Å². The van der Waals surface area contributed by atoms with Crippen molar-refractivity contribution in [2.75, 3.05) is 18.2 Å². The van der Waals surface area contributed by atoms with Gasteiger partial charge in [-0.25, -0.2) is 0 Å². The molecular weight excluding hydrogens is 312 g/mol. The lowest BCUT2D eigenvalue weighted by Gasteiger charge is -2.26. The average Bonchev–Trinajstić information content (AvgIpc) is 3.05. The predicted octanol–water partition coefficient (Wildman–Crippen LogP) is 1.42. The Morgan fingerprint density at radius 1 is 1.43 bits per heavy atom. The summed E-state index contributed by atoms with van der Waals surface area (Å²) >= 11 is 1.64. The molecule has 128 valence electrons. The van der Waals surface area contributed by atoms with Gasteiger partial charge in [0.15, 0.2) is 0 Å². The topological polar surface area (TPSA) is 67.2 Å². The molecule has 2 rings (SSSR count). The molecule has 23 heavy (non-hydrogen) atoms. The molecule has 7 heteroatoms. The number of aryl methyl sites for hydroxylation is 1. The summed E-state index contributed by atoms with van der Waals surface area (Å²) in [6, 6.07) is -0.344. The maximum Gasteiger partial charge on any atom is 0.243 e. The van der Waals surface area contributed by atoms with Gasteiger partial charge in [-0.1, -0.05) is 20.8 Å². The van der Waals surface area contributed by atoms with E-state index in [1.54, 1.807) is 27.5 Å². The van der Waals surface area contributed by atoms with E-state index < -0.39 is 0 Å². The lowest BCUT2D eigenvalue weighted by molar-refractivity contribution is -0.139. The van der Waals surface area contributed by atoms with Crippen LogP contribution in [0.2, 0.25) is 0 Å². The third kappa shape index (κ3) is 5.27. The van der Waals surface area contributed by atoms with Gasteiger partial charge in [-0.2, -0.15) is 5.10 Å². The fourth-order valence-electron chi connectivity index (χ4n) is 2.51. The zero-order valence-corrected chi connectivity index (χ0v) is 15.2. The fraction of sp³-hybridized carbons (Fsp3) is 0.688. The van der Waals surface area contributed by atoms with E-state index in [0.29, 0.717) is 24.6 Å². The molecule has 2 heterocycles. The molecule has 0 unspecified atom stereocenters. The van der Waals surface area contributed by atoms with E-state index in [2.05, 4.69) is 10.4 Å². The maximum atomic E-state index is 12.4. The van der Waals surface area contributed by atoms with Crippen LogP contribution in [0.15, 0.2) is 12.4 Å². The van der Waals surface area contributed by atoms with Gasteiger partial charge in [-0.3, -0.25) is 14.3 Å². The second kappa shape index (κ2) is 7.38. The molecule has 2 amide bonds. The minimum atomic E-state index is -0.344. The minimum Gasteiger partial charge on any atom is -0.354 e. The molecule has 1 aliphatic rings. The zero-order chi connectivity index (χ0) is 17.0. The molecular formula is C16H26N4O2S. The molecule has 0 radical (unpaired) electrons. The molecule has 1 aliphatic heterocycles. The number of carbonyl (C=O) groups excluding carboxylic acids is 2. The van der Waals surface area contributed by atoms with Gasteiger partial charge in [0.2, 0.25) is 11.8 Å². The number of thioether (sulfide) groups is 1. The largest absolute Gasteiger partial charge is 0.354 e. The van der Waals surface area contributed by atoms with Crippen molar-refractivity contribution in [1.29, 1.82) is 0 Å². The Hall–Kier alpha value is -1.50. The van der Waals surface area contributed by atoms with Crippen molar-refractivity contribution in [2.45, 2.75) is 39.7 Å². The molecule has 1 aromatic heterocycles. The van der Waals surface area contributed by atoms with Crippen LogP contribution >= 0.6 is 11.8 Å². The van der Waals surface area contributed by atoms with Gasteiger partial charge in [0.05, 0.1) is 12.1 Å². The molecule has 1 saturated heterocycles. The molecule has 0 aromatic carbocycles.